The number of nitrogens with zero attached hydrogens (tertiary/aromatic N) is 3. The molecule has 0 fully saturated rings. The smallest absolute Gasteiger partial charge is 0.419 e. The van der Waals surface area contributed by atoms with Crippen LogP contribution in [0.5, 0.6) is 0 Å². The van der Waals surface area contributed by atoms with Gasteiger partial charge >= 0.3 is 5.76 Å². The molecule has 0 radical (unpaired) electrons. The molecule has 2 heterocycles. The summed E-state index contributed by atoms with van der Waals surface area (Å²) in [6, 6.07) is 14.6. The van der Waals surface area contributed by atoms with Crippen LogP contribution < -0.4 is 11.1 Å². The van der Waals surface area contributed by atoms with Crippen LogP contribution in [0.3, 0.4) is 0 Å². The number of fused-ring (bicyclic) bond motifs is 2. The zero-order valence-electron chi connectivity index (χ0n) is 13.2. The Kier molecular flexibility index (Phi) is 3.36. The molecule has 1 N–H and O–H groups in total. The number of aromatic nitrogens is 2. The summed E-state index contributed by atoms with van der Waals surface area (Å²) < 4.78 is 12.2. The molecule has 0 unspecified atom stereocenters. The predicted molar refractivity (Wildman–Crippen MR) is 92.7 cm³/mol. The van der Waals surface area contributed by atoms with Gasteiger partial charge in [-0.15, -0.1) is 0 Å². The molecule has 0 spiro atoms. The lowest BCUT2D eigenvalue weighted by Crippen LogP contribution is -2.08. The third-order valence-corrected chi connectivity index (χ3v) is 3.82. The quantitative estimate of drug-likeness (QED) is 0.578. The number of hydrogen-bond donors (Lipinski definition) is 1. The second kappa shape index (κ2) is 5.69. The van der Waals surface area contributed by atoms with Gasteiger partial charge in [-0.3, -0.25) is 4.57 Å². The van der Waals surface area contributed by atoms with Gasteiger partial charge in [0, 0.05) is 25.0 Å². The van der Waals surface area contributed by atoms with Crippen LogP contribution in [0.4, 0.5) is 5.69 Å². The van der Waals surface area contributed by atoms with Crippen molar-refractivity contribution >= 4 is 33.5 Å². The van der Waals surface area contributed by atoms with Crippen LogP contribution in [-0.4, -0.2) is 9.55 Å². The van der Waals surface area contributed by atoms with Crippen molar-refractivity contribution in [1.82, 2.24) is 9.55 Å². The Hall–Kier alpha value is -3.79. The lowest BCUT2D eigenvalue weighted by molar-refractivity contribution is 0.528. The minimum atomic E-state index is -0.424. The standard InChI is InChI=1S/C18H12N4O3/c1-22-14-7-6-12(8-16(14)25-18(22)23)20-10-11(9-19)17-21-13-4-2-3-5-15(13)24-17/h2-8,10,20H,1H3. The monoisotopic (exact) mass is 332 g/mol. The third kappa shape index (κ3) is 2.56. The zero-order valence-corrected chi connectivity index (χ0v) is 13.2. The Morgan fingerprint density at radius 1 is 1.24 bits per heavy atom. The molecule has 4 rings (SSSR count). The summed E-state index contributed by atoms with van der Waals surface area (Å²) in [5, 5.41) is 12.4. The fourth-order valence-electron chi connectivity index (χ4n) is 2.51. The van der Waals surface area contributed by atoms with Gasteiger partial charge in [0.15, 0.2) is 11.2 Å². The van der Waals surface area contributed by atoms with Gasteiger partial charge in [0.1, 0.15) is 17.2 Å². The van der Waals surface area contributed by atoms with Crippen LogP contribution in [-0.2, 0) is 7.05 Å². The summed E-state index contributed by atoms with van der Waals surface area (Å²) in [7, 11) is 1.64. The summed E-state index contributed by atoms with van der Waals surface area (Å²) in [4.78, 5) is 15.8. The summed E-state index contributed by atoms with van der Waals surface area (Å²) in [6.07, 6.45) is 1.51. The molecule has 7 nitrogen and oxygen atoms in total. The summed E-state index contributed by atoms with van der Waals surface area (Å²) >= 11 is 0. The van der Waals surface area contributed by atoms with E-state index in [1.165, 1.54) is 10.8 Å². The highest BCUT2D eigenvalue weighted by Gasteiger charge is 2.11. The number of nitrogens with one attached hydrogen (secondary N) is 1. The van der Waals surface area contributed by atoms with E-state index >= 15 is 0 Å². The number of anilines is 1. The van der Waals surface area contributed by atoms with Gasteiger partial charge in [-0.2, -0.15) is 5.26 Å². The second-order valence-corrected chi connectivity index (χ2v) is 5.41. The molecule has 122 valence electrons. The first-order valence-electron chi connectivity index (χ1n) is 7.48. The average Bonchev–Trinajstić information content (AvgIpc) is 3.17. The van der Waals surface area contributed by atoms with Gasteiger partial charge in [0.05, 0.1) is 5.52 Å². The van der Waals surface area contributed by atoms with Crippen molar-refractivity contribution in [1.29, 1.82) is 5.26 Å². The molecule has 0 bridgehead atoms. The predicted octanol–water partition coefficient (Wildman–Crippen LogP) is 3.25. The number of aryl methyl sites for hydroxylation is 1. The Bertz CT molecular complexity index is 1190. The molecule has 2 aromatic carbocycles. The highest BCUT2D eigenvalue weighted by Crippen LogP contribution is 2.22. The number of para-hydroxylation sites is 2. The minimum absolute atomic E-state index is 0.239. The lowest BCUT2D eigenvalue weighted by atomic mass is 10.2. The van der Waals surface area contributed by atoms with E-state index in [0.29, 0.717) is 27.9 Å². The largest absolute Gasteiger partial charge is 0.435 e. The maximum absolute atomic E-state index is 11.5. The molecule has 0 aliphatic carbocycles. The molecule has 0 amide bonds. The van der Waals surface area contributed by atoms with Crippen molar-refractivity contribution in [3.05, 3.63) is 65.1 Å². The maximum Gasteiger partial charge on any atom is 0.419 e. The molecule has 7 heteroatoms. The van der Waals surface area contributed by atoms with E-state index in [2.05, 4.69) is 16.4 Å². The molecule has 2 aromatic heterocycles. The third-order valence-electron chi connectivity index (χ3n) is 3.82. The van der Waals surface area contributed by atoms with Gasteiger partial charge in [-0.05, 0) is 24.3 Å². The van der Waals surface area contributed by atoms with Crippen LogP contribution in [0.1, 0.15) is 5.89 Å². The molecule has 0 saturated carbocycles. The zero-order chi connectivity index (χ0) is 17.4. The number of rotatable bonds is 3. The number of oxazole rings is 2. The van der Waals surface area contributed by atoms with Crippen molar-refractivity contribution < 1.29 is 8.83 Å². The molecule has 4 aromatic rings. The first kappa shape index (κ1) is 14.8. The normalized spacial score (nSPS) is 11.8. The van der Waals surface area contributed by atoms with E-state index in [0.717, 1.165) is 0 Å². The average molecular weight is 332 g/mol. The van der Waals surface area contributed by atoms with E-state index in [9.17, 15) is 10.1 Å². The van der Waals surface area contributed by atoms with E-state index in [1.807, 2.05) is 18.2 Å². The SMILES string of the molecule is Cn1c(=O)oc2cc(NC=C(C#N)c3nc4ccccc4o3)ccc21. The second-order valence-electron chi connectivity index (χ2n) is 5.41. The molecule has 0 saturated heterocycles. The van der Waals surface area contributed by atoms with Gasteiger partial charge in [0.2, 0.25) is 5.89 Å². The molecule has 0 aliphatic heterocycles. The van der Waals surface area contributed by atoms with Gasteiger partial charge in [-0.1, -0.05) is 12.1 Å². The maximum atomic E-state index is 11.5. The van der Waals surface area contributed by atoms with E-state index in [-0.39, 0.29) is 11.5 Å². The number of hydrogen-bond acceptors (Lipinski definition) is 6. The highest BCUT2D eigenvalue weighted by atomic mass is 16.4. The molecular weight excluding hydrogens is 320 g/mol. The molecule has 0 aliphatic rings. The van der Waals surface area contributed by atoms with Gasteiger partial charge in [0.25, 0.3) is 0 Å². The Balaban J connectivity index is 1.67. The molecular formula is C18H12N4O3. The Labute approximate surface area is 141 Å². The van der Waals surface area contributed by atoms with Crippen molar-refractivity contribution in [2.75, 3.05) is 5.32 Å². The minimum Gasteiger partial charge on any atom is -0.435 e. The van der Waals surface area contributed by atoms with E-state index < -0.39 is 5.76 Å². The fraction of sp³-hybridized carbons (Fsp3) is 0.0556. The van der Waals surface area contributed by atoms with Gasteiger partial charge < -0.3 is 14.2 Å². The molecule has 0 atom stereocenters. The van der Waals surface area contributed by atoms with E-state index in [1.54, 1.807) is 31.3 Å². The number of benzene rings is 2. The lowest BCUT2D eigenvalue weighted by Gasteiger charge is -2.01. The number of allylic oxidation sites excluding steroid dienone is 1. The molecule has 25 heavy (non-hydrogen) atoms. The topological polar surface area (TPSA) is 97.0 Å². The Morgan fingerprint density at radius 2 is 2.08 bits per heavy atom. The van der Waals surface area contributed by atoms with Crippen molar-refractivity contribution in [3.8, 4) is 6.07 Å². The first-order valence-corrected chi connectivity index (χ1v) is 7.48. The summed E-state index contributed by atoms with van der Waals surface area (Å²) in [5.41, 5.74) is 3.39. The van der Waals surface area contributed by atoms with Crippen LogP contribution in [0.2, 0.25) is 0 Å². The first-order chi connectivity index (χ1) is 12.2. The fourth-order valence-corrected chi connectivity index (χ4v) is 2.51. The highest BCUT2D eigenvalue weighted by molar-refractivity contribution is 5.81. The van der Waals surface area contributed by atoms with Gasteiger partial charge in [-0.25, -0.2) is 9.78 Å². The van der Waals surface area contributed by atoms with Crippen LogP contribution in [0.15, 0.2) is 62.3 Å². The van der Waals surface area contributed by atoms with Crippen molar-refractivity contribution in [2.24, 2.45) is 7.05 Å². The van der Waals surface area contributed by atoms with Crippen LogP contribution >= 0.6 is 0 Å². The summed E-state index contributed by atoms with van der Waals surface area (Å²) in [6.45, 7) is 0. The van der Waals surface area contributed by atoms with Crippen molar-refractivity contribution in [2.45, 2.75) is 0 Å². The Morgan fingerprint density at radius 3 is 2.88 bits per heavy atom. The van der Waals surface area contributed by atoms with Crippen molar-refractivity contribution in [3.63, 3.8) is 0 Å². The van der Waals surface area contributed by atoms with E-state index in [4.69, 9.17) is 8.83 Å². The van der Waals surface area contributed by atoms with Crippen LogP contribution in [0.25, 0.3) is 27.8 Å². The van der Waals surface area contributed by atoms with Crippen LogP contribution in [0, 0.1) is 11.3 Å². The summed E-state index contributed by atoms with van der Waals surface area (Å²) in [5.74, 6) is -0.185. The number of nitriles is 1.